The number of nitrogens with two attached hydrogens (primary N) is 1. The van der Waals surface area contributed by atoms with E-state index in [0.29, 0.717) is 12.4 Å². The standard InChI is InChI=1S/C13H22N4O2/c1-9-6-10(16-11(15-9)12(18)19-5)17(4)8-13(2,3)7-14/h6H,7-8,14H2,1-5H3. The van der Waals surface area contributed by atoms with Gasteiger partial charge in [0.15, 0.2) is 0 Å². The van der Waals surface area contributed by atoms with Crippen molar-refractivity contribution in [3.8, 4) is 0 Å². The smallest absolute Gasteiger partial charge is 0.376 e. The summed E-state index contributed by atoms with van der Waals surface area (Å²) >= 11 is 0. The summed E-state index contributed by atoms with van der Waals surface area (Å²) in [5.74, 6) is 0.237. The highest BCUT2D eigenvalue weighted by Crippen LogP contribution is 2.19. The lowest BCUT2D eigenvalue weighted by Crippen LogP contribution is -2.37. The summed E-state index contributed by atoms with van der Waals surface area (Å²) in [4.78, 5) is 21.8. The molecule has 1 aromatic heterocycles. The molecule has 0 spiro atoms. The van der Waals surface area contributed by atoms with Crippen LogP contribution in [0, 0.1) is 12.3 Å². The molecule has 1 aromatic rings. The van der Waals surface area contributed by atoms with Gasteiger partial charge in [-0.1, -0.05) is 13.8 Å². The van der Waals surface area contributed by atoms with E-state index in [2.05, 4.69) is 28.6 Å². The van der Waals surface area contributed by atoms with Crippen LogP contribution in [0.1, 0.15) is 30.2 Å². The van der Waals surface area contributed by atoms with Gasteiger partial charge in [0.2, 0.25) is 5.82 Å². The number of ether oxygens (including phenoxy) is 1. The van der Waals surface area contributed by atoms with Gasteiger partial charge in [-0.05, 0) is 18.9 Å². The minimum atomic E-state index is -0.531. The van der Waals surface area contributed by atoms with Crippen molar-refractivity contribution < 1.29 is 9.53 Å². The maximum absolute atomic E-state index is 11.5. The van der Waals surface area contributed by atoms with Gasteiger partial charge in [0.1, 0.15) is 5.82 Å². The topological polar surface area (TPSA) is 81.3 Å². The van der Waals surface area contributed by atoms with E-state index >= 15 is 0 Å². The summed E-state index contributed by atoms with van der Waals surface area (Å²) in [6, 6.07) is 1.83. The van der Waals surface area contributed by atoms with Gasteiger partial charge in [0.25, 0.3) is 0 Å². The third-order valence-corrected chi connectivity index (χ3v) is 2.82. The molecule has 0 saturated heterocycles. The summed E-state index contributed by atoms with van der Waals surface area (Å²) in [6.07, 6.45) is 0. The molecule has 0 aliphatic carbocycles. The molecule has 0 atom stereocenters. The molecule has 0 unspecified atom stereocenters. The molecular weight excluding hydrogens is 244 g/mol. The van der Waals surface area contributed by atoms with Crippen molar-refractivity contribution in [1.29, 1.82) is 0 Å². The summed E-state index contributed by atoms with van der Waals surface area (Å²) in [6.45, 7) is 7.29. The molecule has 0 radical (unpaired) electrons. The van der Waals surface area contributed by atoms with Gasteiger partial charge in [-0.15, -0.1) is 0 Å². The van der Waals surface area contributed by atoms with Crippen LogP contribution in [0.2, 0.25) is 0 Å². The predicted octanol–water partition coefficient (Wildman–Crippen LogP) is 0.993. The molecule has 2 N–H and O–H groups in total. The molecular formula is C13H22N4O2. The molecule has 106 valence electrons. The second-order valence-electron chi connectivity index (χ2n) is 5.41. The Morgan fingerprint density at radius 3 is 2.63 bits per heavy atom. The van der Waals surface area contributed by atoms with E-state index in [4.69, 9.17) is 5.73 Å². The van der Waals surface area contributed by atoms with Crippen LogP contribution in [0.3, 0.4) is 0 Å². The number of carbonyl (C=O) groups excluding carboxylic acids is 1. The Morgan fingerprint density at radius 2 is 2.11 bits per heavy atom. The quantitative estimate of drug-likeness (QED) is 0.800. The van der Waals surface area contributed by atoms with E-state index in [1.54, 1.807) is 0 Å². The molecule has 0 amide bonds. The zero-order valence-electron chi connectivity index (χ0n) is 12.2. The van der Waals surface area contributed by atoms with Crippen LogP contribution in [0.25, 0.3) is 0 Å². The van der Waals surface area contributed by atoms with Crippen molar-refractivity contribution in [3.63, 3.8) is 0 Å². The fraction of sp³-hybridized carbons (Fsp3) is 0.615. The van der Waals surface area contributed by atoms with Crippen molar-refractivity contribution in [3.05, 3.63) is 17.6 Å². The van der Waals surface area contributed by atoms with Gasteiger partial charge in [0.05, 0.1) is 7.11 Å². The van der Waals surface area contributed by atoms with Crippen LogP contribution in [0.5, 0.6) is 0 Å². The second-order valence-corrected chi connectivity index (χ2v) is 5.41. The predicted molar refractivity (Wildman–Crippen MR) is 74.2 cm³/mol. The Balaban J connectivity index is 3.00. The number of rotatable bonds is 5. The molecule has 6 heteroatoms. The van der Waals surface area contributed by atoms with E-state index in [1.165, 1.54) is 7.11 Å². The van der Waals surface area contributed by atoms with E-state index < -0.39 is 5.97 Å². The van der Waals surface area contributed by atoms with Crippen LogP contribution in [0.15, 0.2) is 6.07 Å². The first kappa shape index (κ1) is 15.4. The number of carbonyl (C=O) groups is 1. The van der Waals surface area contributed by atoms with Crippen LogP contribution in [0.4, 0.5) is 5.82 Å². The lowest BCUT2D eigenvalue weighted by Gasteiger charge is -2.29. The molecule has 6 nitrogen and oxygen atoms in total. The van der Waals surface area contributed by atoms with Gasteiger partial charge in [-0.25, -0.2) is 14.8 Å². The highest BCUT2D eigenvalue weighted by atomic mass is 16.5. The van der Waals surface area contributed by atoms with Crippen LogP contribution in [-0.2, 0) is 4.74 Å². The van der Waals surface area contributed by atoms with Crippen LogP contribution < -0.4 is 10.6 Å². The molecule has 1 rings (SSSR count). The Labute approximate surface area is 114 Å². The normalized spacial score (nSPS) is 11.3. The molecule has 1 heterocycles. The minimum absolute atomic E-state index is 0.0287. The third-order valence-electron chi connectivity index (χ3n) is 2.82. The maximum Gasteiger partial charge on any atom is 0.376 e. The highest BCUT2D eigenvalue weighted by Gasteiger charge is 2.20. The molecule has 0 aromatic carbocycles. The van der Waals surface area contributed by atoms with Crippen molar-refractivity contribution in [1.82, 2.24) is 9.97 Å². The largest absolute Gasteiger partial charge is 0.463 e. The van der Waals surface area contributed by atoms with Gasteiger partial charge in [-0.3, -0.25) is 0 Å². The first-order valence-electron chi connectivity index (χ1n) is 6.14. The number of anilines is 1. The number of hydrogen-bond donors (Lipinski definition) is 1. The number of aromatic nitrogens is 2. The lowest BCUT2D eigenvalue weighted by atomic mass is 9.93. The molecule has 19 heavy (non-hydrogen) atoms. The van der Waals surface area contributed by atoms with Gasteiger partial charge < -0.3 is 15.4 Å². The zero-order chi connectivity index (χ0) is 14.6. The van der Waals surface area contributed by atoms with E-state index in [0.717, 1.165) is 12.2 Å². The van der Waals surface area contributed by atoms with Crippen LogP contribution in [-0.4, -0.2) is 43.2 Å². The number of hydrogen-bond acceptors (Lipinski definition) is 6. The van der Waals surface area contributed by atoms with E-state index in [1.807, 2.05) is 24.9 Å². The average Bonchev–Trinajstić information content (AvgIpc) is 2.36. The number of esters is 1. The zero-order valence-corrected chi connectivity index (χ0v) is 12.2. The summed E-state index contributed by atoms with van der Waals surface area (Å²) in [7, 11) is 3.23. The Morgan fingerprint density at radius 1 is 1.47 bits per heavy atom. The number of aryl methyl sites for hydroxylation is 1. The van der Waals surface area contributed by atoms with E-state index in [-0.39, 0.29) is 11.2 Å². The summed E-state index contributed by atoms with van der Waals surface area (Å²) in [5.41, 5.74) is 6.42. The minimum Gasteiger partial charge on any atom is -0.463 e. The number of nitrogens with zero attached hydrogens (tertiary/aromatic N) is 3. The second kappa shape index (κ2) is 5.97. The fourth-order valence-corrected chi connectivity index (χ4v) is 1.72. The molecule has 0 aliphatic heterocycles. The lowest BCUT2D eigenvalue weighted by molar-refractivity contribution is 0.0586. The summed E-state index contributed by atoms with van der Waals surface area (Å²) in [5, 5.41) is 0. The van der Waals surface area contributed by atoms with Crippen molar-refractivity contribution in [2.24, 2.45) is 11.1 Å². The first-order chi connectivity index (χ1) is 8.79. The number of methoxy groups -OCH3 is 1. The van der Waals surface area contributed by atoms with Gasteiger partial charge >= 0.3 is 5.97 Å². The van der Waals surface area contributed by atoms with E-state index in [9.17, 15) is 4.79 Å². The molecule has 0 bridgehead atoms. The Hall–Kier alpha value is -1.69. The van der Waals surface area contributed by atoms with Gasteiger partial charge in [-0.2, -0.15) is 0 Å². The Bertz CT molecular complexity index is 460. The SMILES string of the molecule is COC(=O)c1nc(C)cc(N(C)CC(C)(C)CN)n1. The first-order valence-corrected chi connectivity index (χ1v) is 6.14. The van der Waals surface area contributed by atoms with Crippen LogP contribution >= 0.6 is 0 Å². The molecule has 0 aliphatic rings. The molecule has 0 fully saturated rings. The monoisotopic (exact) mass is 266 g/mol. The maximum atomic E-state index is 11.5. The third kappa shape index (κ3) is 4.17. The Kier molecular flexibility index (Phi) is 4.83. The van der Waals surface area contributed by atoms with Crippen molar-refractivity contribution in [2.75, 3.05) is 32.1 Å². The van der Waals surface area contributed by atoms with Crippen molar-refractivity contribution in [2.45, 2.75) is 20.8 Å². The highest BCUT2D eigenvalue weighted by molar-refractivity contribution is 5.85. The summed E-state index contributed by atoms with van der Waals surface area (Å²) < 4.78 is 4.65. The van der Waals surface area contributed by atoms with Crippen molar-refractivity contribution >= 4 is 11.8 Å². The fourth-order valence-electron chi connectivity index (χ4n) is 1.72. The average molecular weight is 266 g/mol. The van der Waals surface area contributed by atoms with Gasteiger partial charge in [0, 0.05) is 25.4 Å². The molecule has 0 saturated carbocycles.